The number of carboxylic acid groups (broad SMARTS) is 4. The molecule has 0 amide bonds. The van der Waals surface area contributed by atoms with Gasteiger partial charge in [-0.1, -0.05) is 54.0 Å². The average Bonchev–Trinajstić information content (AvgIpc) is 1.64. The number of carboxylic acids is 4. The Morgan fingerprint density at radius 3 is 0.944 bits per heavy atom. The molecule has 4 aliphatic rings. The fourth-order valence-corrected chi connectivity index (χ4v) is 11.7. The lowest BCUT2D eigenvalue weighted by Gasteiger charge is -2.28. The largest absolute Gasteiger partial charge is 0.490 e. The summed E-state index contributed by atoms with van der Waals surface area (Å²) in [6, 6.07) is 9.72. The second-order valence-electron chi connectivity index (χ2n) is 26.3. The predicted octanol–water partition coefficient (Wildman–Crippen LogP) is 2.14. The number of halogens is 12. The smallest absolute Gasteiger partial charge is 0.475 e. The summed E-state index contributed by atoms with van der Waals surface area (Å²) in [5, 5.41) is 44.7. The Balaban J connectivity index is 0.000000232. The summed E-state index contributed by atoms with van der Waals surface area (Å²) >= 11 is 0. The van der Waals surface area contributed by atoms with Crippen LogP contribution in [0.2, 0.25) is 0 Å². The number of rotatable bonds is 11. The van der Waals surface area contributed by atoms with Crippen molar-refractivity contribution >= 4 is 110 Å². The van der Waals surface area contributed by atoms with Crippen molar-refractivity contribution in [1.29, 1.82) is 0 Å². The van der Waals surface area contributed by atoms with Gasteiger partial charge in [0.05, 0.1) is 26.2 Å². The van der Waals surface area contributed by atoms with Gasteiger partial charge in [-0.15, -0.1) is 23.7 Å². The van der Waals surface area contributed by atoms with E-state index in [1.807, 2.05) is 67.6 Å². The zero-order valence-corrected chi connectivity index (χ0v) is 68.6. The number of aliphatic carboxylic acids is 4. The molecule has 8 aromatic heterocycles. The first kappa shape index (κ1) is 99.2. The normalized spacial score (nSPS) is 13.8. The standard InChI is InChI=1S/C20H22N6O.C16H23N7O.C15H21N7O.C14H19N7O.4C2HF3O2/c1-3-4-12-26-16-17(23-20(26)25-13-10-21-11-14-25)22-18(24(2)19(16)27)15-8-6-5-7-9-15;1-5-6-9-23-12-13(18-15(20(2)3)21(4)14(12)24)19-16(23)22-10-7-17-8-11-22;1-4-5-8-22-11-12(18-14(16-2)20(3)13(11)23)19-15(22)21-9-6-17-7-10-21;1-3-4-7-21-10-11(17-13(15)19(2)12(10)22)18-14(21)20-8-5-16-6-9-20;4*3-2(4,5)1(6)7/h5-9,21H,10-14H2,1-2H3;17H,7-11H2,1-4H3;17H,6-10H2,1-3H3,(H,16,18);16H,5-9H2,1-2H3,(H2,15,17);4*(H,6,7). The number of imidazole rings is 4. The summed E-state index contributed by atoms with van der Waals surface area (Å²) in [6.07, 6.45) is -20.3. The molecule has 13 rings (SSSR count). The van der Waals surface area contributed by atoms with Crippen LogP contribution >= 0.6 is 0 Å². The molecular weight excluding hydrogens is 1670 g/mol. The number of alkyl halides is 12. The Labute approximate surface area is 696 Å². The van der Waals surface area contributed by atoms with Crippen LogP contribution in [-0.2, 0) is 73.5 Å². The van der Waals surface area contributed by atoms with Gasteiger partial charge in [0, 0.05) is 160 Å². The first-order chi connectivity index (χ1) is 58.3. The molecule has 0 spiro atoms. The third-order valence-electron chi connectivity index (χ3n) is 17.8. The van der Waals surface area contributed by atoms with Crippen molar-refractivity contribution in [3.8, 4) is 58.8 Å². The minimum absolute atomic E-state index is 0.101. The quantitative estimate of drug-likeness (QED) is 0.0655. The molecule has 0 atom stereocenters. The average molecular weight is 1760 g/mol. The zero-order valence-electron chi connectivity index (χ0n) is 68.6. The number of hydrogen-bond acceptors (Lipinski definition) is 27. The van der Waals surface area contributed by atoms with Gasteiger partial charge in [0.15, 0.2) is 44.7 Å². The Morgan fingerprint density at radius 2 is 0.669 bits per heavy atom. The molecule has 12 heterocycles. The molecule has 4 fully saturated rings. The summed E-state index contributed by atoms with van der Waals surface area (Å²) < 4.78 is 140. The van der Waals surface area contributed by atoms with Gasteiger partial charge < -0.3 is 77.2 Å². The number of nitrogens with one attached hydrogen (secondary N) is 5. The fourth-order valence-electron chi connectivity index (χ4n) is 11.7. The van der Waals surface area contributed by atoms with E-state index in [1.165, 1.54) is 9.13 Å². The highest BCUT2D eigenvalue weighted by atomic mass is 19.4. The molecule has 4 aliphatic heterocycles. The first-order valence-electron chi connectivity index (χ1n) is 37.0. The molecule has 4 saturated heterocycles. The van der Waals surface area contributed by atoms with Crippen molar-refractivity contribution in [2.24, 2.45) is 28.2 Å². The molecule has 0 saturated carbocycles. The summed E-state index contributed by atoms with van der Waals surface area (Å²) in [5.41, 5.74) is 9.92. The molecule has 0 bridgehead atoms. The lowest BCUT2D eigenvalue weighted by atomic mass is 10.2. The first-order valence-corrected chi connectivity index (χ1v) is 37.0. The summed E-state index contributed by atoms with van der Waals surface area (Å²) in [7, 11) is 12.3. The van der Waals surface area contributed by atoms with Gasteiger partial charge in [0.25, 0.3) is 22.2 Å². The van der Waals surface area contributed by atoms with Gasteiger partial charge in [-0.2, -0.15) is 87.6 Å². The SMILES string of the molecule is CC#CCn1c(N2CCNCC2)nc2nc(-c3ccccc3)n(C)c(=O)c21.CC#CCn1c(N2CCNCC2)nc2nc(N(C)C)n(C)c(=O)c21.CC#CCn1c(N2CCNCC2)nc2nc(N)n(C)c(=O)c21.CC#CCn1c(N2CCNCC2)nc2nc(NC)n(C)c(=O)c21.O=C(O)C(F)(F)F.O=C(O)C(F)(F)F.O=C(O)C(F)(F)F.O=C(O)C(F)(F)F. The van der Waals surface area contributed by atoms with Gasteiger partial charge in [-0.25, -0.2) is 24.2 Å². The lowest BCUT2D eigenvalue weighted by molar-refractivity contribution is -0.193. The number of carbonyl (C=O) groups is 4. The highest BCUT2D eigenvalue weighted by Crippen LogP contribution is 2.27. The number of aromatic nitrogens is 16. The van der Waals surface area contributed by atoms with Crippen LogP contribution in [0.25, 0.3) is 56.0 Å². The molecule has 51 heteroatoms. The Hall–Kier alpha value is -13.7. The van der Waals surface area contributed by atoms with Crippen molar-refractivity contribution in [3.05, 3.63) is 71.7 Å². The van der Waals surface area contributed by atoms with Crippen molar-refractivity contribution in [2.75, 3.05) is 161 Å². The van der Waals surface area contributed by atoms with Crippen LogP contribution in [0.4, 0.5) is 94.3 Å². The van der Waals surface area contributed by atoms with Crippen LogP contribution in [0.5, 0.6) is 0 Å². The number of piperazine rings is 4. The molecular formula is C73H89F12N27O12. The Morgan fingerprint density at radius 1 is 0.411 bits per heavy atom. The van der Waals surface area contributed by atoms with E-state index in [4.69, 9.17) is 55.3 Å². The van der Waals surface area contributed by atoms with Crippen molar-refractivity contribution in [3.63, 3.8) is 0 Å². The van der Waals surface area contributed by atoms with E-state index >= 15 is 0 Å². The summed E-state index contributed by atoms with van der Waals surface area (Å²) in [5.74, 6) is 17.6. The van der Waals surface area contributed by atoms with Crippen molar-refractivity contribution in [2.45, 2.75) is 78.6 Å². The number of benzene rings is 1. The third kappa shape index (κ3) is 25.7. The highest BCUT2D eigenvalue weighted by molar-refractivity contribution is 5.80. The van der Waals surface area contributed by atoms with Crippen LogP contribution in [0, 0.1) is 47.4 Å². The summed E-state index contributed by atoms with van der Waals surface area (Å²) in [4.78, 5) is 134. The highest BCUT2D eigenvalue weighted by Gasteiger charge is 2.41. The third-order valence-corrected chi connectivity index (χ3v) is 17.8. The molecule has 1 aromatic carbocycles. The van der Waals surface area contributed by atoms with E-state index in [9.17, 15) is 71.9 Å². The van der Waals surface area contributed by atoms with E-state index in [-0.39, 0.29) is 28.2 Å². The summed E-state index contributed by atoms with van der Waals surface area (Å²) in [6.45, 7) is 22.8. The number of hydrogen-bond donors (Lipinski definition) is 10. The van der Waals surface area contributed by atoms with Crippen molar-refractivity contribution in [1.82, 2.24) is 97.7 Å². The number of nitrogens with two attached hydrogens (primary N) is 1. The van der Waals surface area contributed by atoms with Gasteiger partial charge in [0.2, 0.25) is 41.6 Å². The maximum Gasteiger partial charge on any atom is 0.490 e. The van der Waals surface area contributed by atoms with E-state index in [0.29, 0.717) is 88.6 Å². The van der Waals surface area contributed by atoms with Gasteiger partial charge in [-0.05, 0) is 27.7 Å². The van der Waals surface area contributed by atoms with Crippen LogP contribution in [0.15, 0.2) is 49.5 Å². The van der Waals surface area contributed by atoms with Crippen LogP contribution in [0.3, 0.4) is 0 Å². The topological polar surface area (TPSA) is 462 Å². The fraction of sp³-hybridized carbons (Fsp3) is 0.479. The molecule has 672 valence electrons. The van der Waals surface area contributed by atoms with Gasteiger partial charge in [0.1, 0.15) is 5.82 Å². The van der Waals surface area contributed by atoms with Crippen molar-refractivity contribution < 1.29 is 92.3 Å². The number of fused-ring (bicyclic) bond motifs is 4. The molecule has 0 aliphatic carbocycles. The van der Waals surface area contributed by atoms with Crippen LogP contribution in [-0.4, -0.2) is 271 Å². The number of nitrogen functional groups attached to an aromatic ring is 1. The maximum atomic E-state index is 13.2. The maximum absolute atomic E-state index is 13.2. The predicted molar refractivity (Wildman–Crippen MR) is 434 cm³/mol. The molecule has 11 N–H and O–H groups in total. The van der Waals surface area contributed by atoms with Crippen LogP contribution < -0.4 is 79.1 Å². The lowest BCUT2D eigenvalue weighted by Crippen LogP contribution is -2.44. The molecule has 0 unspecified atom stereocenters. The van der Waals surface area contributed by atoms with Gasteiger partial charge in [-0.3, -0.25) is 55.7 Å². The molecule has 0 radical (unpaired) electrons. The number of nitrogens with zero attached hydrogens (tertiary/aromatic N) is 21. The second kappa shape index (κ2) is 44.2. The Bertz CT molecular complexity index is 5680. The molecule has 124 heavy (non-hydrogen) atoms. The van der Waals surface area contributed by atoms with E-state index < -0.39 is 48.6 Å². The molecule has 39 nitrogen and oxygen atoms in total. The van der Waals surface area contributed by atoms with E-state index in [2.05, 4.69) is 123 Å². The van der Waals surface area contributed by atoms with E-state index in [1.54, 1.807) is 72.1 Å². The minimum atomic E-state index is -5.08. The van der Waals surface area contributed by atoms with E-state index in [0.717, 1.165) is 134 Å². The minimum Gasteiger partial charge on any atom is -0.475 e. The zero-order chi connectivity index (χ0) is 92.5. The van der Waals surface area contributed by atoms with Crippen LogP contribution in [0.1, 0.15) is 27.7 Å². The van der Waals surface area contributed by atoms with Gasteiger partial charge >= 0.3 is 48.6 Å². The second-order valence-corrected chi connectivity index (χ2v) is 26.3. The monoisotopic (exact) mass is 1760 g/mol. The molecule has 9 aromatic rings. The Kier molecular flexibility index (Phi) is 35.4. The number of anilines is 7.